The first-order valence-corrected chi connectivity index (χ1v) is 15.7. The standard InChI is InChI=1S/C30H31N2O2S.ClH.Ru/c1-24-19-21-28(22-20-24)35(33,34)32-30(27-17-9-4-10-18-27)29(26-15-7-3-8-16-26)31-23-11-14-25-12-5-2-6-13-25;;/h2-10,12-13,15-22,29-31H,11,14,23H2,1H3;1H;/q-1;;+2/p-1/t29-,30-;;/m0../s1. The van der Waals surface area contributed by atoms with Gasteiger partial charge in [0.05, 0.1) is 0 Å². The van der Waals surface area contributed by atoms with Crippen molar-refractivity contribution in [3.05, 3.63) is 142 Å². The number of sulfonamides is 1. The van der Waals surface area contributed by atoms with Gasteiger partial charge in [-0.1, -0.05) is 120 Å². The van der Waals surface area contributed by atoms with Crippen LogP contribution in [0.3, 0.4) is 0 Å². The van der Waals surface area contributed by atoms with Crippen LogP contribution in [-0.2, 0) is 33.8 Å². The molecule has 0 aromatic heterocycles. The fourth-order valence-corrected chi connectivity index (χ4v) is 5.30. The molecule has 0 saturated heterocycles. The molecule has 0 aliphatic heterocycles. The van der Waals surface area contributed by atoms with E-state index in [9.17, 15) is 8.42 Å². The number of aryl methyl sites for hydroxylation is 2. The van der Waals surface area contributed by atoms with Crippen LogP contribution in [0.25, 0.3) is 4.72 Å². The van der Waals surface area contributed by atoms with E-state index in [-0.39, 0.29) is 10.9 Å². The summed E-state index contributed by atoms with van der Waals surface area (Å²) in [5.41, 5.74) is 4.15. The summed E-state index contributed by atoms with van der Waals surface area (Å²) in [5, 5.41) is 3.63. The third-order valence-corrected chi connectivity index (χ3v) is 7.41. The molecule has 0 fully saturated rings. The molecule has 0 saturated carbocycles. The number of halogens is 1. The zero-order valence-corrected chi connectivity index (χ0v) is 24.0. The van der Waals surface area contributed by atoms with Gasteiger partial charge in [0.1, 0.15) is 10.0 Å². The Labute approximate surface area is 235 Å². The first kappa shape index (κ1) is 29.2. The van der Waals surface area contributed by atoms with Crippen molar-refractivity contribution in [1.29, 1.82) is 0 Å². The van der Waals surface area contributed by atoms with Gasteiger partial charge in [-0.25, -0.2) is 8.42 Å². The molecule has 4 aromatic carbocycles. The van der Waals surface area contributed by atoms with Crippen molar-refractivity contribution in [3.8, 4) is 0 Å². The van der Waals surface area contributed by atoms with E-state index in [0.717, 1.165) is 36.1 Å². The number of hydrogen-bond donors (Lipinski definition) is 1. The Kier molecular flexibility index (Phi) is 12.0. The van der Waals surface area contributed by atoms with Gasteiger partial charge in [-0.2, -0.15) is 0 Å². The normalized spacial score (nSPS) is 12.7. The van der Waals surface area contributed by atoms with Gasteiger partial charge in [-0.05, 0) is 49.6 Å². The predicted octanol–water partition coefficient (Wildman–Crippen LogP) is 7.45. The Hall–Kier alpha value is -2.34. The van der Waals surface area contributed by atoms with Gasteiger partial charge >= 0.3 is 27.0 Å². The van der Waals surface area contributed by atoms with Crippen LogP contribution in [-0.4, -0.2) is 15.0 Å². The zero-order valence-electron chi connectivity index (χ0n) is 20.6. The second-order valence-corrected chi connectivity index (χ2v) is 10.3. The summed E-state index contributed by atoms with van der Waals surface area (Å²) in [6.45, 7) is 2.67. The Morgan fingerprint density at radius 2 is 1.27 bits per heavy atom. The second kappa shape index (κ2) is 15.2. The Bertz CT molecular complexity index is 1290. The van der Waals surface area contributed by atoms with Crippen LogP contribution < -0.4 is 5.32 Å². The van der Waals surface area contributed by atoms with E-state index in [0.29, 0.717) is 0 Å². The Morgan fingerprint density at radius 1 is 0.757 bits per heavy atom. The molecule has 37 heavy (non-hydrogen) atoms. The summed E-state index contributed by atoms with van der Waals surface area (Å²) in [7, 11) is 0.703. The first-order chi connectivity index (χ1) is 18.0. The maximum atomic E-state index is 13.4. The monoisotopic (exact) mass is 620 g/mol. The van der Waals surface area contributed by atoms with Crippen molar-refractivity contribution in [2.24, 2.45) is 0 Å². The number of nitrogens with zero attached hydrogens (tertiary/aromatic N) is 1. The molecule has 194 valence electrons. The second-order valence-electron chi connectivity index (χ2n) is 8.68. The molecule has 2 atom stereocenters. The SMILES string of the molecule is Cc1ccc(S(=O)(=O)[N-][C@@H](c2ccccc2)[C@@H](NCCCc2ccccc2)c2ccccc2)cc1.[Cl][Ru+]. The molecule has 0 aliphatic rings. The van der Waals surface area contributed by atoms with E-state index in [4.69, 9.17) is 0 Å². The van der Waals surface area contributed by atoms with Crippen molar-refractivity contribution in [1.82, 2.24) is 5.32 Å². The average molecular weight is 620 g/mol. The molecule has 0 unspecified atom stereocenters. The molecule has 0 radical (unpaired) electrons. The van der Waals surface area contributed by atoms with E-state index in [1.165, 1.54) is 5.56 Å². The molecule has 0 aliphatic carbocycles. The Balaban J connectivity index is 0.00000186. The topological polar surface area (TPSA) is 60.3 Å². The fraction of sp³-hybridized carbons (Fsp3) is 0.200. The van der Waals surface area contributed by atoms with Gasteiger partial charge in [0.2, 0.25) is 0 Å². The van der Waals surface area contributed by atoms with E-state index in [2.05, 4.69) is 44.0 Å². The Morgan fingerprint density at radius 3 is 1.84 bits per heavy atom. The molecule has 7 heteroatoms. The van der Waals surface area contributed by atoms with E-state index < -0.39 is 16.1 Å². The van der Waals surface area contributed by atoms with Gasteiger partial charge in [0, 0.05) is 10.9 Å². The van der Waals surface area contributed by atoms with Gasteiger partial charge in [0.25, 0.3) is 0 Å². The minimum absolute atomic E-state index is 0.208. The summed E-state index contributed by atoms with van der Waals surface area (Å²) in [6.07, 6.45) is 1.88. The molecule has 1 N–H and O–H groups in total. The van der Waals surface area contributed by atoms with Crippen molar-refractivity contribution >= 4 is 19.7 Å². The minimum atomic E-state index is -3.87. The van der Waals surface area contributed by atoms with Crippen LogP contribution in [0.4, 0.5) is 0 Å². The van der Waals surface area contributed by atoms with Crippen molar-refractivity contribution in [2.45, 2.75) is 36.7 Å². The number of rotatable bonds is 11. The molecule has 4 rings (SSSR count). The molecule has 0 amide bonds. The molecule has 4 nitrogen and oxygen atoms in total. The molecule has 0 spiro atoms. The van der Waals surface area contributed by atoms with Crippen LogP contribution in [0, 0.1) is 6.92 Å². The summed E-state index contributed by atoms with van der Waals surface area (Å²) < 4.78 is 31.3. The predicted molar refractivity (Wildman–Crippen MR) is 149 cm³/mol. The van der Waals surface area contributed by atoms with Crippen LogP contribution >= 0.6 is 9.69 Å². The summed E-state index contributed by atoms with van der Waals surface area (Å²) in [6, 6.07) is 36.0. The zero-order chi connectivity index (χ0) is 26.5. The first-order valence-electron chi connectivity index (χ1n) is 12.1. The van der Waals surface area contributed by atoms with Crippen LogP contribution in [0.5, 0.6) is 0 Å². The van der Waals surface area contributed by atoms with E-state index in [1.807, 2.05) is 91.0 Å². The quantitative estimate of drug-likeness (QED) is 0.140. The number of hydrogen-bond acceptors (Lipinski definition) is 3. The molecular formula is C30H31ClN2O2RuS. The van der Waals surface area contributed by atoms with Crippen molar-refractivity contribution in [2.75, 3.05) is 6.54 Å². The van der Waals surface area contributed by atoms with Gasteiger partial charge in [0.15, 0.2) is 0 Å². The van der Waals surface area contributed by atoms with Crippen molar-refractivity contribution < 1.29 is 25.7 Å². The van der Waals surface area contributed by atoms with Crippen LogP contribution in [0.2, 0.25) is 0 Å². The van der Waals surface area contributed by atoms with E-state index >= 15 is 0 Å². The third-order valence-electron chi connectivity index (χ3n) is 6.04. The number of benzene rings is 4. The molecule has 0 heterocycles. The molecule has 4 aromatic rings. The maximum absolute atomic E-state index is 13.4. The summed E-state index contributed by atoms with van der Waals surface area (Å²) in [4.78, 5) is 0.208. The van der Waals surface area contributed by atoms with E-state index in [1.54, 1.807) is 24.3 Å². The fourth-order valence-electron chi connectivity index (χ4n) is 4.15. The number of nitrogens with one attached hydrogen (secondary N) is 1. The molecule has 0 bridgehead atoms. The molecular weight excluding hydrogens is 589 g/mol. The van der Waals surface area contributed by atoms with Gasteiger partial charge < -0.3 is 10.0 Å². The van der Waals surface area contributed by atoms with Crippen molar-refractivity contribution in [3.63, 3.8) is 0 Å². The van der Waals surface area contributed by atoms with Crippen LogP contribution in [0.1, 0.15) is 40.8 Å². The third kappa shape index (κ3) is 8.88. The van der Waals surface area contributed by atoms with Crippen LogP contribution in [0.15, 0.2) is 120 Å². The average Bonchev–Trinajstić information content (AvgIpc) is 2.95. The summed E-state index contributed by atoms with van der Waals surface area (Å²) in [5.74, 6) is 0. The summed E-state index contributed by atoms with van der Waals surface area (Å²) >= 11 is 1.82. The van der Waals surface area contributed by atoms with Gasteiger partial charge in [-0.15, -0.1) is 0 Å². The van der Waals surface area contributed by atoms with Gasteiger partial charge in [-0.3, -0.25) is 0 Å².